The van der Waals surface area contributed by atoms with Gasteiger partial charge in [0, 0.05) is 17.8 Å². The van der Waals surface area contributed by atoms with Crippen molar-refractivity contribution in [1.82, 2.24) is 9.47 Å². The number of hydrogen-bond acceptors (Lipinski definition) is 2. The van der Waals surface area contributed by atoms with E-state index in [0.717, 1.165) is 48.3 Å². The number of aromatic nitrogens is 1. The molecule has 1 aromatic heterocycles. The molecule has 1 atom stereocenters. The number of hydrogen-bond donors (Lipinski definition) is 0. The molecule has 5 nitrogen and oxygen atoms in total. The average Bonchev–Trinajstić information content (AvgIpc) is 3.71. The van der Waals surface area contributed by atoms with Gasteiger partial charge < -0.3 is 9.47 Å². The van der Waals surface area contributed by atoms with Gasteiger partial charge in [-0.2, -0.15) is 0 Å². The number of aryl methyl sites for hydroxylation is 1. The Kier molecular flexibility index (Phi) is 7.25. The minimum absolute atomic E-state index is 0.0194. The van der Waals surface area contributed by atoms with Gasteiger partial charge in [0.25, 0.3) is 5.91 Å². The molecule has 4 aromatic rings. The van der Waals surface area contributed by atoms with E-state index in [-0.39, 0.29) is 30.2 Å². The molecule has 2 heterocycles. The summed E-state index contributed by atoms with van der Waals surface area (Å²) in [5.74, 6) is -0.594. The summed E-state index contributed by atoms with van der Waals surface area (Å²) < 4.78 is 16.0. The van der Waals surface area contributed by atoms with Gasteiger partial charge in [-0.05, 0) is 85.3 Å². The van der Waals surface area contributed by atoms with E-state index in [2.05, 4.69) is 11.5 Å². The SMILES string of the molecule is CCCCCc1ccc(C(=O)N(CC(=O)N2c3ccccc3-n3cccc3C2c2ccc(F)cc2)C2CC2)cc1. The fourth-order valence-corrected chi connectivity index (χ4v) is 5.76. The third-order valence-corrected chi connectivity index (χ3v) is 8.00. The van der Waals surface area contributed by atoms with Crippen LogP contribution in [0.25, 0.3) is 5.69 Å². The summed E-state index contributed by atoms with van der Waals surface area (Å²) in [5.41, 5.74) is 5.24. The second kappa shape index (κ2) is 11.1. The number of carbonyl (C=O) groups excluding carboxylic acids is 2. The van der Waals surface area contributed by atoms with Crippen LogP contribution in [0.3, 0.4) is 0 Å². The van der Waals surface area contributed by atoms with Crippen LogP contribution in [0.2, 0.25) is 0 Å². The molecule has 204 valence electrons. The zero-order valence-corrected chi connectivity index (χ0v) is 22.8. The van der Waals surface area contributed by atoms with E-state index < -0.39 is 6.04 Å². The molecule has 6 rings (SSSR count). The first-order valence-corrected chi connectivity index (χ1v) is 14.3. The first kappa shape index (κ1) is 26.1. The molecule has 1 unspecified atom stereocenters. The standard InChI is InChI=1S/C34H34FN3O2/c1-2-3-4-8-24-12-14-26(15-13-24)34(40)37(28-20-21-28)23-32(39)38-30-10-6-5-9-29(30)36-22-7-11-31(36)33(38)25-16-18-27(35)19-17-25/h5-7,9-19,22,28,33H,2-4,8,20-21,23H2,1H3. The van der Waals surface area contributed by atoms with Gasteiger partial charge in [-0.3, -0.25) is 14.5 Å². The summed E-state index contributed by atoms with van der Waals surface area (Å²) in [4.78, 5) is 31.5. The van der Waals surface area contributed by atoms with Crippen molar-refractivity contribution in [1.29, 1.82) is 0 Å². The predicted octanol–water partition coefficient (Wildman–Crippen LogP) is 7.09. The molecule has 0 radical (unpaired) electrons. The molecule has 2 aliphatic rings. The Balaban J connectivity index is 1.31. The van der Waals surface area contributed by atoms with Crippen LogP contribution in [0.5, 0.6) is 0 Å². The maximum absolute atomic E-state index is 14.3. The summed E-state index contributed by atoms with van der Waals surface area (Å²) in [6, 6.07) is 25.6. The summed E-state index contributed by atoms with van der Waals surface area (Å²) in [6.45, 7) is 2.17. The Morgan fingerprint density at radius 2 is 1.60 bits per heavy atom. The summed E-state index contributed by atoms with van der Waals surface area (Å²) >= 11 is 0. The molecule has 1 saturated carbocycles. The Bertz CT molecular complexity index is 1500. The lowest BCUT2D eigenvalue weighted by molar-refractivity contribution is -0.119. The van der Waals surface area contributed by atoms with Gasteiger partial charge in [-0.15, -0.1) is 0 Å². The summed E-state index contributed by atoms with van der Waals surface area (Å²) in [6.07, 6.45) is 8.30. The molecular weight excluding hydrogens is 501 g/mol. The highest BCUT2D eigenvalue weighted by atomic mass is 19.1. The zero-order valence-electron chi connectivity index (χ0n) is 22.8. The number of carbonyl (C=O) groups is 2. The van der Waals surface area contributed by atoms with E-state index in [1.54, 1.807) is 21.9 Å². The van der Waals surface area contributed by atoms with Crippen LogP contribution in [0.15, 0.2) is 91.1 Å². The van der Waals surface area contributed by atoms with Gasteiger partial charge in [0.1, 0.15) is 18.4 Å². The fraction of sp³-hybridized carbons (Fsp3) is 0.294. The molecule has 1 aliphatic heterocycles. The van der Waals surface area contributed by atoms with Gasteiger partial charge in [0.2, 0.25) is 5.91 Å². The number of unbranched alkanes of at least 4 members (excludes halogenated alkanes) is 2. The van der Waals surface area contributed by atoms with E-state index >= 15 is 0 Å². The molecule has 0 spiro atoms. The van der Waals surface area contributed by atoms with Crippen molar-refractivity contribution < 1.29 is 14.0 Å². The van der Waals surface area contributed by atoms with Crippen molar-refractivity contribution in [2.45, 2.75) is 57.5 Å². The van der Waals surface area contributed by atoms with Crippen molar-refractivity contribution in [2.75, 3.05) is 11.4 Å². The molecular formula is C34H34FN3O2. The Morgan fingerprint density at radius 3 is 2.30 bits per heavy atom. The topological polar surface area (TPSA) is 45.6 Å². The fourth-order valence-electron chi connectivity index (χ4n) is 5.76. The summed E-state index contributed by atoms with van der Waals surface area (Å²) in [5, 5.41) is 0. The van der Waals surface area contributed by atoms with Crippen LogP contribution in [-0.2, 0) is 11.2 Å². The first-order valence-electron chi connectivity index (χ1n) is 14.3. The third-order valence-electron chi connectivity index (χ3n) is 8.00. The number of nitrogens with zero attached hydrogens (tertiary/aromatic N) is 3. The van der Waals surface area contributed by atoms with E-state index in [9.17, 15) is 14.0 Å². The van der Waals surface area contributed by atoms with Crippen LogP contribution in [0.1, 0.15) is 72.2 Å². The maximum atomic E-state index is 14.3. The lowest BCUT2D eigenvalue weighted by atomic mass is 9.97. The van der Waals surface area contributed by atoms with E-state index in [1.165, 1.54) is 30.5 Å². The number of halogens is 1. The van der Waals surface area contributed by atoms with Crippen molar-refractivity contribution in [2.24, 2.45) is 0 Å². The highest BCUT2D eigenvalue weighted by molar-refractivity contribution is 6.03. The second-order valence-electron chi connectivity index (χ2n) is 10.8. The van der Waals surface area contributed by atoms with Gasteiger partial charge in [0.15, 0.2) is 0 Å². The van der Waals surface area contributed by atoms with Gasteiger partial charge >= 0.3 is 0 Å². The highest BCUT2D eigenvalue weighted by Gasteiger charge is 2.40. The molecule has 6 heteroatoms. The van der Waals surface area contributed by atoms with Crippen LogP contribution >= 0.6 is 0 Å². The molecule has 0 saturated heterocycles. The van der Waals surface area contributed by atoms with Crippen LogP contribution in [0, 0.1) is 5.82 Å². The van der Waals surface area contributed by atoms with Crippen molar-refractivity contribution >= 4 is 17.5 Å². The van der Waals surface area contributed by atoms with Gasteiger partial charge in [0.05, 0.1) is 17.1 Å². The number of fused-ring (bicyclic) bond motifs is 3. The van der Waals surface area contributed by atoms with Crippen LogP contribution < -0.4 is 4.90 Å². The smallest absolute Gasteiger partial charge is 0.254 e. The Labute approximate surface area is 234 Å². The largest absolute Gasteiger partial charge is 0.326 e. The van der Waals surface area contributed by atoms with Crippen molar-refractivity contribution in [3.63, 3.8) is 0 Å². The minimum atomic E-state index is -0.448. The number of para-hydroxylation sites is 2. The van der Waals surface area contributed by atoms with Crippen molar-refractivity contribution in [3.05, 3.63) is 119 Å². The number of anilines is 1. The Hall–Kier alpha value is -4.19. The van der Waals surface area contributed by atoms with Crippen molar-refractivity contribution in [3.8, 4) is 5.69 Å². The lowest BCUT2D eigenvalue weighted by Crippen LogP contribution is -2.47. The summed E-state index contributed by atoms with van der Waals surface area (Å²) in [7, 11) is 0. The molecule has 40 heavy (non-hydrogen) atoms. The van der Waals surface area contributed by atoms with Gasteiger partial charge in [-0.25, -0.2) is 4.39 Å². The third kappa shape index (κ3) is 5.06. The highest BCUT2D eigenvalue weighted by Crippen LogP contribution is 2.42. The van der Waals surface area contributed by atoms with Crippen LogP contribution in [-0.4, -0.2) is 33.9 Å². The monoisotopic (exact) mass is 535 g/mol. The zero-order chi connectivity index (χ0) is 27.6. The average molecular weight is 536 g/mol. The predicted molar refractivity (Wildman–Crippen MR) is 155 cm³/mol. The second-order valence-corrected chi connectivity index (χ2v) is 10.8. The molecule has 1 aliphatic carbocycles. The normalized spacial score (nSPS) is 15.8. The Morgan fingerprint density at radius 1 is 0.875 bits per heavy atom. The quantitative estimate of drug-likeness (QED) is 0.215. The van der Waals surface area contributed by atoms with E-state index in [4.69, 9.17) is 0 Å². The molecule has 0 bridgehead atoms. The van der Waals surface area contributed by atoms with E-state index in [1.807, 2.05) is 66.9 Å². The van der Waals surface area contributed by atoms with Crippen LogP contribution in [0.4, 0.5) is 10.1 Å². The molecule has 0 N–H and O–H groups in total. The number of rotatable bonds is 9. The molecule has 3 aromatic carbocycles. The number of benzene rings is 3. The molecule has 1 fully saturated rings. The maximum Gasteiger partial charge on any atom is 0.254 e. The molecule has 2 amide bonds. The van der Waals surface area contributed by atoms with E-state index in [0.29, 0.717) is 5.56 Å². The lowest BCUT2D eigenvalue weighted by Gasteiger charge is -2.39. The minimum Gasteiger partial charge on any atom is -0.326 e. The first-order chi connectivity index (χ1) is 19.5. The number of amides is 2. The van der Waals surface area contributed by atoms with Gasteiger partial charge in [-0.1, -0.05) is 56.2 Å².